The van der Waals surface area contributed by atoms with E-state index >= 15 is 4.39 Å². The number of aromatic hydroxyl groups is 1. The minimum Gasteiger partial charge on any atom is -0.506 e. The summed E-state index contributed by atoms with van der Waals surface area (Å²) < 4.78 is 54.8. The zero-order valence-corrected chi connectivity index (χ0v) is 17.9. The Morgan fingerprint density at radius 3 is 2.52 bits per heavy atom. The lowest BCUT2D eigenvalue weighted by Crippen LogP contribution is -2.30. The molecule has 7 nitrogen and oxygen atoms in total. The van der Waals surface area contributed by atoms with E-state index in [2.05, 4.69) is 0 Å². The highest BCUT2D eigenvalue weighted by Gasteiger charge is 2.37. The normalized spacial score (nSPS) is 16.4. The molecule has 1 aliphatic heterocycles. The van der Waals surface area contributed by atoms with Crippen LogP contribution in [0.15, 0.2) is 36.4 Å². The van der Waals surface area contributed by atoms with Crippen molar-refractivity contribution in [3.63, 3.8) is 0 Å². The molecule has 2 heterocycles. The second kappa shape index (κ2) is 6.55. The van der Waals surface area contributed by atoms with Gasteiger partial charge >= 0.3 is 10.2 Å². The lowest BCUT2D eigenvalue weighted by molar-refractivity contribution is -0.117. The first-order valence-electron chi connectivity index (χ1n) is 8.42. The van der Waals surface area contributed by atoms with Crippen LogP contribution in [0.2, 0.25) is 0 Å². The molecule has 0 bridgehead atoms. The number of fused-ring (bicyclic) bond motifs is 1. The summed E-state index contributed by atoms with van der Waals surface area (Å²) in [4.78, 5) is 12.3. The van der Waals surface area contributed by atoms with Gasteiger partial charge in [-0.1, -0.05) is 12.1 Å². The Hall–Kier alpha value is -2.42. The van der Waals surface area contributed by atoms with E-state index in [0.29, 0.717) is 15.3 Å². The van der Waals surface area contributed by atoms with Crippen molar-refractivity contribution in [3.8, 4) is 16.2 Å². The Labute approximate surface area is 170 Å². The first-order valence-corrected chi connectivity index (χ1v) is 13.3. The molecule has 11 heteroatoms. The van der Waals surface area contributed by atoms with Gasteiger partial charge in [-0.25, -0.2) is 13.4 Å². The number of benzene rings is 2. The fraction of sp³-hybridized carbons (Fsp3) is 0.167. The maximum Gasteiger partial charge on any atom is 0.326 e. The summed E-state index contributed by atoms with van der Waals surface area (Å²) in [5.41, 5.74) is 0.0858. The van der Waals surface area contributed by atoms with E-state index in [1.807, 2.05) is 0 Å². The van der Waals surface area contributed by atoms with Gasteiger partial charge in [-0.05, 0) is 48.5 Å². The zero-order valence-electron chi connectivity index (χ0n) is 15.3. The van der Waals surface area contributed by atoms with Crippen molar-refractivity contribution in [2.24, 2.45) is 0 Å². The van der Waals surface area contributed by atoms with Crippen molar-refractivity contribution in [2.75, 3.05) is 24.2 Å². The standard InChI is InChI=1S/C18H16FN2O5PS2/c1-27(2,24)16-6-5-14(28-16)11-4-3-10-8-13(22)18(17(19)12(10)7-11)21-9-15(23)20-29(21,25)26/h3-8,22H,9H2,1-2H3,(H,20,23). The average molecular weight is 454 g/mol. The molecule has 0 aliphatic carbocycles. The van der Waals surface area contributed by atoms with Crippen molar-refractivity contribution < 1.29 is 27.3 Å². The van der Waals surface area contributed by atoms with Gasteiger partial charge in [-0.3, -0.25) is 4.79 Å². The maximum absolute atomic E-state index is 15.3. The number of rotatable bonds is 3. The van der Waals surface area contributed by atoms with E-state index in [1.165, 1.54) is 23.5 Å². The van der Waals surface area contributed by atoms with Crippen molar-refractivity contribution in [2.45, 2.75) is 0 Å². The second-order valence-electron chi connectivity index (χ2n) is 7.02. The Bertz CT molecular complexity index is 1330. The predicted octanol–water partition coefficient (Wildman–Crippen LogP) is 2.84. The minimum absolute atomic E-state index is 0.0935. The predicted molar refractivity (Wildman–Crippen MR) is 112 cm³/mol. The van der Waals surface area contributed by atoms with E-state index in [4.69, 9.17) is 0 Å². The van der Waals surface area contributed by atoms with Crippen LogP contribution < -0.4 is 13.6 Å². The van der Waals surface area contributed by atoms with Crippen LogP contribution in [-0.4, -0.2) is 39.3 Å². The Kier molecular flexibility index (Phi) is 4.49. The quantitative estimate of drug-likeness (QED) is 0.593. The lowest BCUT2D eigenvalue weighted by Gasteiger charge is -2.18. The summed E-state index contributed by atoms with van der Waals surface area (Å²) in [7, 11) is -6.70. The molecule has 1 aromatic heterocycles. The molecule has 29 heavy (non-hydrogen) atoms. The van der Waals surface area contributed by atoms with Gasteiger partial charge in [0.1, 0.15) is 25.1 Å². The van der Waals surface area contributed by atoms with Crippen LogP contribution in [0.1, 0.15) is 0 Å². The number of thiophene rings is 1. The number of amides is 1. The van der Waals surface area contributed by atoms with E-state index in [0.717, 1.165) is 9.50 Å². The molecular formula is C18H16FN2O5PS2. The van der Waals surface area contributed by atoms with Gasteiger partial charge in [0, 0.05) is 10.3 Å². The molecule has 1 saturated heterocycles. The largest absolute Gasteiger partial charge is 0.506 e. The van der Waals surface area contributed by atoms with E-state index in [-0.39, 0.29) is 5.39 Å². The van der Waals surface area contributed by atoms with E-state index in [9.17, 15) is 22.9 Å². The number of halogens is 1. The second-order valence-corrected chi connectivity index (χ2v) is 13.2. The monoisotopic (exact) mass is 454 g/mol. The number of phenolic OH excluding ortho intramolecular Hbond substituents is 1. The molecule has 0 unspecified atom stereocenters. The highest BCUT2D eigenvalue weighted by molar-refractivity contribution is 7.92. The summed E-state index contributed by atoms with van der Waals surface area (Å²) in [6.45, 7) is 2.72. The van der Waals surface area contributed by atoms with Crippen LogP contribution in [0, 0.1) is 5.82 Å². The molecule has 0 spiro atoms. The molecule has 4 rings (SSSR count). The van der Waals surface area contributed by atoms with Crippen molar-refractivity contribution in [1.29, 1.82) is 0 Å². The van der Waals surface area contributed by atoms with Crippen LogP contribution in [-0.2, 0) is 19.6 Å². The molecule has 2 aromatic carbocycles. The minimum atomic E-state index is -4.27. The fourth-order valence-electron chi connectivity index (χ4n) is 3.14. The van der Waals surface area contributed by atoms with Crippen molar-refractivity contribution >= 4 is 55.7 Å². The topological polar surface area (TPSA) is 104 Å². The summed E-state index contributed by atoms with van der Waals surface area (Å²) in [5.74, 6) is -2.35. The van der Waals surface area contributed by atoms with Crippen LogP contribution in [0.25, 0.3) is 21.2 Å². The third-order valence-corrected chi connectivity index (χ3v) is 9.63. The molecule has 3 aromatic rings. The van der Waals surface area contributed by atoms with Gasteiger partial charge in [-0.2, -0.15) is 8.42 Å². The number of phenols is 1. The van der Waals surface area contributed by atoms with Crippen LogP contribution in [0.4, 0.5) is 10.1 Å². The molecule has 0 saturated carbocycles. The molecule has 1 amide bonds. The summed E-state index contributed by atoms with van der Waals surface area (Å²) in [5, 5.41) is 10.7. The van der Waals surface area contributed by atoms with Gasteiger partial charge in [0.05, 0.1) is 4.62 Å². The molecule has 152 valence electrons. The molecule has 0 radical (unpaired) electrons. The SMILES string of the molecule is CP(C)(=O)c1ccc(-c2ccc3cc(O)c(N4CC(=O)NS4(=O)=O)c(F)c3c2)s1. The smallest absolute Gasteiger partial charge is 0.326 e. The Morgan fingerprint density at radius 2 is 1.93 bits per heavy atom. The highest BCUT2D eigenvalue weighted by atomic mass is 32.2. The van der Waals surface area contributed by atoms with Gasteiger partial charge in [0.2, 0.25) is 0 Å². The molecule has 0 atom stereocenters. The summed E-state index contributed by atoms with van der Waals surface area (Å²) in [6, 6.07) is 9.71. The molecule has 2 N–H and O–H groups in total. The number of anilines is 1. The van der Waals surface area contributed by atoms with Crippen molar-refractivity contribution in [1.82, 2.24) is 4.72 Å². The first-order chi connectivity index (χ1) is 13.5. The van der Waals surface area contributed by atoms with Gasteiger partial charge < -0.3 is 9.67 Å². The average Bonchev–Trinajstić information content (AvgIpc) is 3.19. The maximum atomic E-state index is 15.3. The van der Waals surface area contributed by atoms with Gasteiger partial charge in [0.15, 0.2) is 5.82 Å². The number of hydrogen-bond acceptors (Lipinski definition) is 6. The lowest BCUT2D eigenvalue weighted by atomic mass is 10.0. The summed E-state index contributed by atoms with van der Waals surface area (Å²) >= 11 is 1.34. The van der Waals surface area contributed by atoms with Crippen LogP contribution >= 0.6 is 18.5 Å². The van der Waals surface area contributed by atoms with E-state index < -0.39 is 47.1 Å². The third-order valence-electron chi connectivity index (χ3n) is 4.51. The Balaban J connectivity index is 1.88. The van der Waals surface area contributed by atoms with Gasteiger partial charge in [0.25, 0.3) is 5.91 Å². The van der Waals surface area contributed by atoms with Crippen LogP contribution in [0.3, 0.4) is 0 Å². The van der Waals surface area contributed by atoms with Crippen LogP contribution in [0.5, 0.6) is 5.75 Å². The number of carbonyl (C=O) groups excluding carboxylic acids is 1. The van der Waals surface area contributed by atoms with Crippen molar-refractivity contribution in [3.05, 3.63) is 42.2 Å². The first kappa shape index (κ1) is 19.9. The summed E-state index contributed by atoms with van der Waals surface area (Å²) in [6.07, 6.45) is 0. The van der Waals surface area contributed by atoms with Gasteiger partial charge in [-0.15, -0.1) is 11.3 Å². The fourth-order valence-corrected chi connectivity index (χ4v) is 6.65. The molecule has 1 aliphatic rings. The highest BCUT2D eigenvalue weighted by Crippen LogP contribution is 2.42. The number of nitrogens with one attached hydrogen (secondary N) is 1. The number of nitrogens with zero attached hydrogens (tertiary/aromatic N) is 1. The zero-order chi connectivity index (χ0) is 21.1. The van der Waals surface area contributed by atoms with E-state index in [1.54, 1.807) is 42.3 Å². The molecule has 1 fully saturated rings. The number of carbonyl (C=O) groups is 1. The number of hydrogen-bond donors (Lipinski definition) is 2. The third kappa shape index (κ3) is 3.41. The molecular weight excluding hydrogens is 438 g/mol. The Morgan fingerprint density at radius 1 is 1.21 bits per heavy atom.